The lowest BCUT2D eigenvalue weighted by Gasteiger charge is -2.06. The van der Waals surface area contributed by atoms with Crippen molar-refractivity contribution in [2.45, 2.75) is 25.8 Å². The quantitative estimate of drug-likeness (QED) is 0.498. The maximum atomic E-state index is 13.0. The number of imidazole rings is 1. The van der Waals surface area contributed by atoms with Gasteiger partial charge in [-0.25, -0.2) is 9.78 Å². The Morgan fingerprint density at radius 3 is 2.75 bits per heavy atom. The highest BCUT2D eigenvalue weighted by atomic mass is 32.1. The van der Waals surface area contributed by atoms with E-state index in [9.17, 15) is 14.4 Å². The summed E-state index contributed by atoms with van der Waals surface area (Å²) in [5.41, 5.74) is 2.74. The summed E-state index contributed by atoms with van der Waals surface area (Å²) < 4.78 is 4.45. The zero-order chi connectivity index (χ0) is 19.6. The first-order chi connectivity index (χ1) is 13.5. The summed E-state index contributed by atoms with van der Waals surface area (Å²) in [7, 11) is 3.38. The van der Waals surface area contributed by atoms with Crippen LogP contribution in [-0.2, 0) is 33.5 Å². The van der Waals surface area contributed by atoms with Crippen LogP contribution in [0.25, 0.3) is 21.3 Å². The molecule has 0 aliphatic heterocycles. The second-order valence-electron chi connectivity index (χ2n) is 7.24. The largest absolute Gasteiger partial charge is 0.328 e. The molecule has 0 bridgehead atoms. The molecule has 0 amide bonds. The molecule has 5 rings (SSSR count). The van der Waals surface area contributed by atoms with Gasteiger partial charge < -0.3 is 0 Å². The standard InChI is InChI=1S/C20H18N4O3S/c1-22-13-7-6-11(8-14(13)23(2)20(22)27)15(25)9-24-10-21-18-17(19(24)26)12-4-3-5-16(12)28-18/h6-8,10H,3-5,9H2,1-2H3. The number of ketones is 1. The van der Waals surface area contributed by atoms with Crippen LogP contribution in [0, 0.1) is 0 Å². The first-order valence-corrected chi connectivity index (χ1v) is 9.95. The van der Waals surface area contributed by atoms with Crippen LogP contribution in [-0.4, -0.2) is 24.5 Å². The number of aromatic nitrogens is 4. The van der Waals surface area contributed by atoms with Crippen molar-refractivity contribution in [2.24, 2.45) is 14.1 Å². The molecule has 0 unspecified atom stereocenters. The van der Waals surface area contributed by atoms with E-state index in [1.807, 2.05) is 0 Å². The van der Waals surface area contributed by atoms with Crippen molar-refractivity contribution in [3.8, 4) is 0 Å². The number of benzene rings is 1. The van der Waals surface area contributed by atoms with Crippen molar-refractivity contribution in [3.05, 3.63) is 61.4 Å². The zero-order valence-corrected chi connectivity index (χ0v) is 16.4. The van der Waals surface area contributed by atoms with Crippen LogP contribution >= 0.6 is 11.3 Å². The van der Waals surface area contributed by atoms with Gasteiger partial charge in [0.15, 0.2) is 5.78 Å². The minimum Gasteiger partial charge on any atom is -0.295 e. The van der Waals surface area contributed by atoms with E-state index in [2.05, 4.69) is 4.98 Å². The summed E-state index contributed by atoms with van der Waals surface area (Å²) in [6, 6.07) is 5.17. The highest BCUT2D eigenvalue weighted by Gasteiger charge is 2.22. The van der Waals surface area contributed by atoms with E-state index in [0.717, 1.165) is 35.2 Å². The number of aryl methyl sites for hydroxylation is 4. The summed E-state index contributed by atoms with van der Waals surface area (Å²) in [4.78, 5) is 44.3. The molecular formula is C20H18N4O3S. The summed E-state index contributed by atoms with van der Waals surface area (Å²) in [5.74, 6) is -0.187. The Bertz CT molecular complexity index is 1400. The molecule has 0 spiro atoms. The topological polar surface area (TPSA) is 78.9 Å². The van der Waals surface area contributed by atoms with E-state index in [1.165, 1.54) is 20.3 Å². The molecule has 0 atom stereocenters. The minimum atomic E-state index is -0.187. The van der Waals surface area contributed by atoms with Gasteiger partial charge in [-0.1, -0.05) is 0 Å². The third kappa shape index (κ3) is 2.34. The van der Waals surface area contributed by atoms with Crippen LogP contribution in [0.15, 0.2) is 34.1 Å². The van der Waals surface area contributed by atoms with Crippen LogP contribution < -0.4 is 11.2 Å². The van der Waals surface area contributed by atoms with Crippen LogP contribution in [0.2, 0.25) is 0 Å². The van der Waals surface area contributed by atoms with Crippen molar-refractivity contribution in [1.29, 1.82) is 0 Å². The molecular weight excluding hydrogens is 376 g/mol. The SMILES string of the molecule is Cn1c(=O)n(C)c2cc(C(=O)Cn3cnc4sc5c(c4c3=O)CCC5)ccc21. The number of rotatable bonds is 3. The third-order valence-corrected chi connectivity index (χ3v) is 6.80. The molecule has 1 aliphatic carbocycles. The average molecular weight is 394 g/mol. The van der Waals surface area contributed by atoms with E-state index >= 15 is 0 Å². The highest BCUT2D eigenvalue weighted by molar-refractivity contribution is 7.18. The fourth-order valence-corrected chi connectivity index (χ4v) is 5.28. The number of carbonyl (C=O) groups is 1. The molecule has 7 nitrogen and oxygen atoms in total. The van der Waals surface area contributed by atoms with Crippen molar-refractivity contribution >= 4 is 38.4 Å². The molecule has 0 saturated carbocycles. The molecule has 8 heteroatoms. The normalized spacial score (nSPS) is 13.5. The molecule has 3 heterocycles. The molecule has 0 fully saturated rings. The lowest BCUT2D eigenvalue weighted by atomic mass is 10.1. The number of fused-ring (bicyclic) bond motifs is 4. The number of nitrogens with zero attached hydrogens (tertiary/aromatic N) is 4. The van der Waals surface area contributed by atoms with E-state index < -0.39 is 0 Å². The molecule has 1 aromatic carbocycles. The Labute approximate surface area is 163 Å². The Morgan fingerprint density at radius 1 is 1.14 bits per heavy atom. The first-order valence-electron chi connectivity index (χ1n) is 9.14. The number of Topliss-reactive ketones (excluding diaryl/α,β-unsaturated/α-hetero) is 1. The van der Waals surface area contributed by atoms with Gasteiger partial charge in [-0.3, -0.25) is 23.3 Å². The third-order valence-electron chi connectivity index (χ3n) is 5.60. The Morgan fingerprint density at radius 2 is 1.93 bits per heavy atom. The van der Waals surface area contributed by atoms with E-state index in [1.54, 1.807) is 48.2 Å². The van der Waals surface area contributed by atoms with Crippen molar-refractivity contribution in [2.75, 3.05) is 0 Å². The average Bonchev–Trinajstić information content (AvgIpc) is 3.33. The lowest BCUT2D eigenvalue weighted by molar-refractivity contribution is 0.0970. The van der Waals surface area contributed by atoms with E-state index in [-0.39, 0.29) is 23.6 Å². The zero-order valence-electron chi connectivity index (χ0n) is 15.6. The monoisotopic (exact) mass is 394 g/mol. The maximum absolute atomic E-state index is 13.0. The van der Waals surface area contributed by atoms with Gasteiger partial charge in [0.25, 0.3) is 5.56 Å². The number of hydrogen-bond acceptors (Lipinski definition) is 5. The molecule has 0 radical (unpaired) electrons. The smallest absolute Gasteiger partial charge is 0.295 e. The van der Waals surface area contributed by atoms with Crippen molar-refractivity contribution in [1.82, 2.24) is 18.7 Å². The lowest BCUT2D eigenvalue weighted by Crippen LogP contribution is -2.24. The predicted octanol–water partition coefficient (Wildman–Crippen LogP) is 2.02. The van der Waals surface area contributed by atoms with E-state index in [4.69, 9.17) is 0 Å². The van der Waals surface area contributed by atoms with Crippen molar-refractivity contribution in [3.63, 3.8) is 0 Å². The van der Waals surface area contributed by atoms with Crippen molar-refractivity contribution < 1.29 is 4.79 Å². The van der Waals surface area contributed by atoms with Gasteiger partial charge in [0.05, 0.1) is 29.3 Å². The van der Waals surface area contributed by atoms with Crippen LogP contribution in [0.1, 0.15) is 27.2 Å². The van der Waals surface area contributed by atoms with Gasteiger partial charge in [0.1, 0.15) is 4.83 Å². The Hall–Kier alpha value is -3.00. The molecule has 1 aliphatic rings. The second-order valence-corrected chi connectivity index (χ2v) is 8.33. The second kappa shape index (κ2) is 6.00. The maximum Gasteiger partial charge on any atom is 0.328 e. The van der Waals surface area contributed by atoms with Crippen LogP contribution in [0.3, 0.4) is 0 Å². The van der Waals surface area contributed by atoms with Gasteiger partial charge in [-0.05, 0) is 43.0 Å². The summed E-state index contributed by atoms with van der Waals surface area (Å²) >= 11 is 1.59. The predicted molar refractivity (Wildman–Crippen MR) is 108 cm³/mol. The summed E-state index contributed by atoms with van der Waals surface area (Å²) in [5, 5.41) is 0.675. The molecule has 0 saturated heterocycles. The number of thiophene rings is 1. The molecule has 3 aromatic heterocycles. The summed E-state index contributed by atoms with van der Waals surface area (Å²) in [6.45, 7) is -0.0708. The van der Waals surface area contributed by atoms with Gasteiger partial charge >= 0.3 is 5.69 Å². The first kappa shape index (κ1) is 17.1. The van der Waals surface area contributed by atoms with Gasteiger partial charge in [0.2, 0.25) is 0 Å². The van der Waals surface area contributed by atoms with Crippen LogP contribution in [0.4, 0.5) is 0 Å². The molecule has 0 N–H and O–H groups in total. The van der Waals surface area contributed by atoms with Gasteiger partial charge in [0, 0.05) is 24.5 Å². The molecule has 28 heavy (non-hydrogen) atoms. The van der Waals surface area contributed by atoms with Crippen LogP contribution in [0.5, 0.6) is 0 Å². The van der Waals surface area contributed by atoms with E-state index in [0.29, 0.717) is 16.5 Å². The van der Waals surface area contributed by atoms with Gasteiger partial charge in [-0.2, -0.15) is 0 Å². The highest BCUT2D eigenvalue weighted by Crippen LogP contribution is 2.34. The Kier molecular flexibility index (Phi) is 3.67. The molecule has 142 valence electrons. The number of hydrogen-bond donors (Lipinski definition) is 0. The molecule has 4 aromatic rings. The van der Waals surface area contributed by atoms with Gasteiger partial charge in [-0.15, -0.1) is 11.3 Å². The Balaban J connectivity index is 1.55. The number of carbonyl (C=O) groups excluding carboxylic acids is 1. The fourth-order valence-electron chi connectivity index (χ4n) is 4.06. The minimum absolute atomic E-state index is 0.0708. The summed E-state index contributed by atoms with van der Waals surface area (Å²) in [6.07, 6.45) is 4.44. The fraction of sp³-hybridized carbons (Fsp3) is 0.300.